The molecule has 2 saturated carbocycles. The Morgan fingerprint density at radius 2 is 1.89 bits per heavy atom. The zero-order chi connectivity index (χ0) is 30.1. The number of nitrogens with one attached hydrogen (secondary N) is 1. The van der Waals surface area contributed by atoms with Crippen LogP contribution in [0.5, 0.6) is 6.01 Å². The van der Waals surface area contributed by atoms with Crippen LogP contribution in [0.25, 0.3) is 32.9 Å². The zero-order valence-electron chi connectivity index (χ0n) is 25.6. The normalized spacial score (nSPS) is 24.6. The van der Waals surface area contributed by atoms with Gasteiger partial charge < -0.3 is 15.0 Å². The molecule has 7 nitrogen and oxygen atoms in total. The molecule has 2 aromatic heterocycles. The van der Waals surface area contributed by atoms with E-state index in [1.165, 1.54) is 12.0 Å². The number of fused-ring (bicyclic) bond motifs is 3. The first-order valence-corrected chi connectivity index (χ1v) is 16.2. The Bertz CT molecular complexity index is 1730. The van der Waals surface area contributed by atoms with Crippen LogP contribution >= 0.6 is 0 Å². The minimum Gasteiger partial charge on any atom is -0.461 e. The Morgan fingerprint density at radius 3 is 2.64 bits per heavy atom. The van der Waals surface area contributed by atoms with Gasteiger partial charge in [0.1, 0.15) is 29.8 Å². The molecule has 0 spiro atoms. The smallest absolute Gasteiger partial charge is 0.319 e. The Labute approximate surface area is 257 Å². The van der Waals surface area contributed by atoms with Gasteiger partial charge in [-0.2, -0.15) is 9.97 Å². The van der Waals surface area contributed by atoms with Gasteiger partial charge in [0.25, 0.3) is 0 Å². The monoisotopic (exact) mass is 598 g/mol. The molecule has 9 heteroatoms. The lowest BCUT2D eigenvalue weighted by atomic mass is 9.75. The van der Waals surface area contributed by atoms with Crippen LogP contribution in [0, 0.1) is 5.82 Å². The van der Waals surface area contributed by atoms with Crippen molar-refractivity contribution in [3.8, 4) is 17.3 Å². The molecular formula is C35H40F2N6O. The number of halogens is 2. The molecule has 8 rings (SSSR count). The van der Waals surface area contributed by atoms with Gasteiger partial charge in [0.2, 0.25) is 0 Å². The van der Waals surface area contributed by atoms with E-state index in [1.807, 2.05) is 12.1 Å². The van der Waals surface area contributed by atoms with Crippen LogP contribution in [0.4, 0.5) is 14.6 Å². The molecule has 44 heavy (non-hydrogen) atoms. The van der Waals surface area contributed by atoms with Gasteiger partial charge in [-0.05, 0) is 87.8 Å². The maximum atomic E-state index is 16.8. The number of anilines is 1. The fourth-order valence-corrected chi connectivity index (χ4v) is 7.99. The number of aromatic nitrogens is 3. The van der Waals surface area contributed by atoms with Gasteiger partial charge in [0, 0.05) is 36.8 Å². The van der Waals surface area contributed by atoms with E-state index in [-0.39, 0.29) is 34.9 Å². The molecule has 1 N–H and O–H groups in total. The molecule has 4 fully saturated rings. The van der Waals surface area contributed by atoms with Gasteiger partial charge in [-0.15, -0.1) is 0 Å². The first kappa shape index (κ1) is 28.1. The minimum atomic E-state index is -0.856. The molecule has 2 saturated heterocycles. The fraction of sp³-hybridized carbons (Fsp3) is 0.514. The Kier molecular flexibility index (Phi) is 6.75. The SMILES string of the molecule is CN(C)C1(CNc2nc(OC[C@@]34CCCN3C[C@H](F)C4)nc3c(F)c(-c4cccc5cccc(C6CC6)c45)ncc23)CCC1. The molecule has 4 aromatic rings. The van der Waals surface area contributed by atoms with Gasteiger partial charge in [0.15, 0.2) is 5.82 Å². The first-order chi connectivity index (χ1) is 21.4. The second-order valence-corrected chi connectivity index (χ2v) is 13.8. The molecule has 0 amide bonds. The summed E-state index contributed by atoms with van der Waals surface area (Å²) in [5.74, 6) is 0.543. The number of likely N-dealkylation sites (N-methyl/N-ethyl adjacent to an activating group) is 1. The largest absolute Gasteiger partial charge is 0.461 e. The molecule has 230 valence electrons. The lowest BCUT2D eigenvalue weighted by Gasteiger charge is -2.47. The lowest BCUT2D eigenvalue weighted by Crippen LogP contribution is -2.54. The number of ether oxygens (including phenoxy) is 1. The highest BCUT2D eigenvalue weighted by Crippen LogP contribution is 2.46. The van der Waals surface area contributed by atoms with E-state index in [9.17, 15) is 4.39 Å². The predicted octanol–water partition coefficient (Wildman–Crippen LogP) is 6.71. The third kappa shape index (κ3) is 4.62. The average Bonchev–Trinajstić information content (AvgIpc) is 3.70. The van der Waals surface area contributed by atoms with E-state index in [4.69, 9.17) is 14.7 Å². The van der Waals surface area contributed by atoms with Crippen LogP contribution < -0.4 is 10.1 Å². The molecule has 0 unspecified atom stereocenters. The molecular weight excluding hydrogens is 558 g/mol. The van der Waals surface area contributed by atoms with Crippen molar-refractivity contribution in [1.82, 2.24) is 24.8 Å². The second kappa shape index (κ2) is 10.6. The Balaban J connectivity index is 1.21. The number of benzene rings is 2. The molecule has 2 atom stereocenters. The molecule has 2 aromatic carbocycles. The van der Waals surface area contributed by atoms with Crippen LogP contribution in [0.1, 0.15) is 62.8 Å². The van der Waals surface area contributed by atoms with E-state index in [0.29, 0.717) is 36.6 Å². The van der Waals surface area contributed by atoms with Crippen molar-refractivity contribution in [2.45, 2.75) is 74.5 Å². The van der Waals surface area contributed by atoms with E-state index < -0.39 is 12.0 Å². The molecule has 0 radical (unpaired) electrons. The first-order valence-electron chi connectivity index (χ1n) is 16.2. The highest BCUT2D eigenvalue weighted by molar-refractivity contribution is 6.01. The maximum absolute atomic E-state index is 16.8. The predicted molar refractivity (Wildman–Crippen MR) is 170 cm³/mol. The summed E-state index contributed by atoms with van der Waals surface area (Å²) in [5.41, 5.74) is 2.18. The van der Waals surface area contributed by atoms with Gasteiger partial charge in [-0.1, -0.05) is 36.4 Å². The number of pyridine rings is 1. The standard InChI is InChI=1S/C35H40F2N6O/c1-42(2)34(13-5-14-34)20-39-32-27-18-38-30(26-10-4-8-23-7-3-9-25(28(23)26)22-11-12-22)29(37)31(27)40-33(41-32)44-21-35-15-6-16-43(35)19-24(36)17-35/h3-4,7-10,18,22,24H,5-6,11-17,19-21H2,1-2H3,(H,39,40,41)/t24-,35+/m1/s1. The molecule has 2 aliphatic heterocycles. The van der Waals surface area contributed by atoms with E-state index in [0.717, 1.165) is 61.4 Å². The summed E-state index contributed by atoms with van der Waals surface area (Å²) in [6.45, 7) is 2.27. The Hall–Kier alpha value is -3.43. The summed E-state index contributed by atoms with van der Waals surface area (Å²) >= 11 is 0. The van der Waals surface area contributed by atoms with Crippen molar-refractivity contribution in [3.63, 3.8) is 0 Å². The summed E-state index contributed by atoms with van der Waals surface area (Å²) in [4.78, 5) is 18.6. The van der Waals surface area contributed by atoms with E-state index in [2.05, 4.69) is 58.5 Å². The van der Waals surface area contributed by atoms with Crippen molar-refractivity contribution < 1.29 is 13.5 Å². The quantitative estimate of drug-likeness (QED) is 0.230. The summed E-state index contributed by atoms with van der Waals surface area (Å²) in [6.07, 6.45) is 8.85. The van der Waals surface area contributed by atoms with E-state index in [1.54, 1.807) is 6.20 Å². The number of hydrogen-bond acceptors (Lipinski definition) is 7. The Morgan fingerprint density at radius 1 is 1.07 bits per heavy atom. The van der Waals surface area contributed by atoms with E-state index >= 15 is 4.39 Å². The average molecular weight is 599 g/mol. The summed E-state index contributed by atoms with van der Waals surface area (Å²) in [5, 5.41) is 6.20. The fourth-order valence-electron chi connectivity index (χ4n) is 7.99. The van der Waals surface area contributed by atoms with Crippen LogP contribution in [0.2, 0.25) is 0 Å². The van der Waals surface area contributed by atoms with Crippen molar-refractivity contribution >= 4 is 27.5 Å². The van der Waals surface area contributed by atoms with Crippen LogP contribution in [-0.2, 0) is 0 Å². The van der Waals surface area contributed by atoms with Gasteiger partial charge in [-0.3, -0.25) is 9.88 Å². The number of hydrogen-bond donors (Lipinski definition) is 1. The maximum Gasteiger partial charge on any atom is 0.319 e. The number of rotatable bonds is 9. The highest BCUT2D eigenvalue weighted by Gasteiger charge is 2.49. The molecule has 4 aliphatic rings. The third-order valence-electron chi connectivity index (χ3n) is 10.9. The summed E-state index contributed by atoms with van der Waals surface area (Å²) in [6, 6.07) is 12.4. The molecule has 0 bridgehead atoms. The molecule has 4 heterocycles. The van der Waals surface area contributed by atoms with Crippen molar-refractivity contribution in [2.24, 2.45) is 0 Å². The van der Waals surface area contributed by atoms with Crippen LogP contribution in [-0.4, -0.2) is 82.3 Å². The minimum absolute atomic E-state index is 0.0235. The summed E-state index contributed by atoms with van der Waals surface area (Å²) in [7, 11) is 4.21. The van der Waals surface area contributed by atoms with Crippen molar-refractivity contribution in [2.75, 3.05) is 45.7 Å². The van der Waals surface area contributed by atoms with Crippen LogP contribution in [0.3, 0.4) is 0 Å². The second-order valence-electron chi connectivity index (χ2n) is 13.8. The third-order valence-corrected chi connectivity index (χ3v) is 10.9. The van der Waals surface area contributed by atoms with Crippen LogP contribution in [0.15, 0.2) is 42.6 Å². The lowest BCUT2D eigenvalue weighted by molar-refractivity contribution is 0.0738. The van der Waals surface area contributed by atoms with Gasteiger partial charge in [-0.25, -0.2) is 8.78 Å². The van der Waals surface area contributed by atoms with Crippen molar-refractivity contribution in [1.29, 1.82) is 0 Å². The van der Waals surface area contributed by atoms with Gasteiger partial charge in [0.05, 0.1) is 10.9 Å². The molecule has 2 aliphatic carbocycles. The highest BCUT2D eigenvalue weighted by atomic mass is 19.1. The van der Waals surface area contributed by atoms with Crippen molar-refractivity contribution in [3.05, 3.63) is 54.0 Å². The number of nitrogens with zero attached hydrogens (tertiary/aromatic N) is 5. The summed E-state index contributed by atoms with van der Waals surface area (Å²) < 4.78 is 37.5. The topological polar surface area (TPSA) is 66.4 Å². The van der Waals surface area contributed by atoms with Gasteiger partial charge >= 0.3 is 6.01 Å². The zero-order valence-corrected chi connectivity index (χ0v) is 25.6. The number of alkyl halides is 1.